The van der Waals surface area contributed by atoms with Crippen LogP contribution < -0.4 is 15.8 Å². The van der Waals surface area contributed by atoms with Gasteiger partial charge in [-0.2, -0.15) is 13.2 Å². The van der Waals surface area contributed by atoms with E-state index in [0.29, 0.717) is 17.9 Å². The molecule has 0 fully saturated rings. The van der Waals surface area contributed by atoms with E-state index in [1.165, 1.54) is 23.9 Å². The molecule has 3 rings (SSSR count). The molecule has 0 spiro atoms. The number of aryl methyl sites for hydroxylation is 1. The summed E-state index contributed by atoms with van der Waals surface area (Å²) in [6.45, 7) is 1.26. The predicted octanol–water partition coefficient (Wildman–Crippen LogP) is 5.69. The van der Waals surface area contributed by atoms with E-state index in [1.807, 2.05) is 18.2 Å². The summed E-state index contributed by atoms with van der Waals surface area (Å²) in [4.78, 5) is 4.35. The molecule has 0 bridgehead atoms. The van der Waals surface area contributed by atoms with Gasteiger partial charge < -0.3 is 15.8 Å². The van der Waals surface area contributed by atoms with Crippen LogP contribution in [-0.2, 0) is 19.2 Å². The van der Waals surface area contributed by atoms with Crippen LogP contribution in [0.5, 0.6) is 5.75 Å². The molecule has 3 N–H and O–H groups in total. The van der Waals surface area contributed by atoms with Gasteiger partial charge in [-0.15, -0.1) is 0 Å². The van der Waals surface area contributed by atoms with E-state index in [-0.39, 0.29) is 0 Å². The van der Waals surface area contributed by atoms with Crippen LogP contribution in [0, 0.1) is 0 Å². The number of ether oxygens (including phenoxy) is 1. The number of aromatic nitrogens is 1. The zero-order valence-corrected chi connectivity index (χ0v) is 17.6. The maximum absolute atomic E-state index is 12.7. The van der Waals surface area contributed by atoms with Crippen LogP contribution in [-0.4, -0.2) is 11.5 Å². The molecule has 32 heavy (non-hydrogen) atoms. The second-order valence-electron chi connectivity index (χ2n) is 7.33. The van der Waals surface area contributed by atoms with Crippen LogP contribution in [0.3, 0.4) is 0 Å². The molecule has 0 amide bonds. The van der Waals surface area contributed by atoms with Crippen LogP contribution in [0.15, 0.2) is 79.3 Å². The molecule has 2 aromatic carbocycles. The number of nitrogens with two attached hydrogens (primary N) is 1. The molecule has 1 aromatic heterocycles. The van der Waals surface area contributed by atoms with Crippen molar-refractivity contribution < 1.29 is 17.9 Å². The lowest BCUT2D eigenvalue weighted by Gasteiger charge is -2.09. The van der Waals surface area contributed by atoms with Gasteiger partial charge in [0.25, 0.3) is 0 Å². The highest BCUT2D eigenvalue weighted by atomic mass is 19.4. The number of halogens is 3. The summed E-state index contributed by atoms with van der Waals surface area (Å²) in [7, 11) is 0. The Hall–Kier alpha value is -3.48. The maximum atomic E-state index is 12.7. The van der Waals surface area contributed by atoms with Gasteiger partial charge >= 0.3 is 6.18 Å². The molecule has 4 nitrogen and oxygen atoms in total. The number of nitrogens with zero attached hydrogens (tertiary/aromatic N) is 1. The lowest BCUT2D eigenvalue weighted by atomic mass is 10.1. The Balaban J connectivity index is 1.47. The molecule has 0 atom stereocenters. The Morgan fingerprint density at radius 1 is 0.906 bits per heavy atom. The van der Waals surface area contributed by atoms with E-state index in [2.05, 4.69) is 22.4 Å². The van der Waals surface area contributed by atoms with E-state index >= 15 is 0 Å². The topological polar surface area (TPSA) is 60.2 Å². The van der Waals surface area contributed by atoms with Crippen molar-refractivity contribution in [2.75, 3.05) is 6.54 Å². The summed E-state index contributed by atoms with van der Waals surface area (Å²) in [5, 5.41) is 3.11. The summed E-state index contributed by atoms with van der Waals surface area (Å²) >= 11 is 0. The second kappa shape index (κ2) is 11.2. The van der Waals surface area contributed by atoms with Crippen molar-refractivity contribution in [3.63, 3.8) is 0 Å². The van der Waals surface area contributed by atoms with Gasteiger partial charge in [-0.1, -0.05) is 30.3 Å². The first-order valence-electron chi connectivity index (χ1n) is 10.4. The van der Waals surface area contributed by atoms with Gasteiger partial charge in [0, 0.05) is 36.3 Å². The number of pyridine rings is 1. The Morgan fingerprint density at radius 2 is 1.62 bits per heavy atom. The Kier molecular flexibility index (Phi) is 8.14. The van der Waals surface area contributed by atoms with E-state index in [1.54, 1.807) is 18.5 Å². The van der Waals surface area contributed by atoms with Gasteiger partial charge in [0.05, 0.1) is 11.3 Å². The average Bonchev–Trinajstić information content (AvgIpc) is 2.81. The zero-order chi connectivity index (χ0) is 22.8. The van der Waals surface area contributed by atoms with Gasteiger partial charge in [-0.3, -0.25) is 4.98 Å². The quantitative estimate of drug-likeness (QED) is 0.397. The molecule has 1 heterocycles. The highest BCUT2D eigenvalue weighted by Gasteiger charge is 2.29. The average molecular weight is 441 g/mol. The molecule has 0 radical (unpaired) electrons. The maximum Gasteiger partial charge on any atom is 0.416 e. The third-order valence-corrected chi connectivity index (χ3v) is 4.91. The molecule has 7 heteroatoms. The van der Waals surface area contributed by atoms with Gasteiger partial charge in [-0.25, -0.2) is 0 Å². The highest BCUT2D eigenvalue weighted by Crippen LogP contribution is 2.30. The number of nitrogens with one attached hydrogen (secondary N) is 1. The molecular formula is C25H26F3N3O. The van der Waals surface area contributed by atoms with Gasteiger partial charge in [0.2, 0.25) is 0 Å². The van der Waals surface area contributed by atoms with E-state index in [4.69, 9.17) is 10.5 Å². The summed E-state index contributed by atoms with van der Waals surface area (Å²) in [5.74, 6) is 0.773. The first kappa shape index (κ1) is 23.2. The fourth-order valence-corrected chi connectivity index (χ4v) is 3.14. The summed E-state index contributed by atoms with van der Waals surface area (Å²) in [5.41, 5.74) is 7.98. The lowest BCUT2D eigenvalue weighted by molar-refractivity contribution is -0.137. The minimum Gasteiger partial charge on any atom is -0.489 e. The van der Waals surface area contributed by atoms with Crippen LogP contribution in [0.4, 0.5) is 13.2 Å². The fraction of sp³-hybridized carbons (Fsp3) is 0.240. The molecule has 0 saturated carbocycles. The smallest absolute Gasteiger partial charge is 0.416 e. The predicted molar refractivity (Wildman–Crippen MR) is 120 cm³/mol. The molecule has 3 aromatic rings. The Bertz CT molecular complexity index is 983. The molecular weight excluding hydrogens is 415 g/mol. The number of rotatable bonds is 10. The van der Waals surface area contributed by atoms with Crippen molar-refractivity contribution in [3.05, 3.63) is 96.0 Å². The highest BCUT2D eigenvalue weighted by molar-refractivity contribution is 5.59. The zero-order valence-electron chi connectivity index (χ0n) is 17.6. The lowest BCUT2D eigenvalue weighted by Crippen LogP contribution is -2.07. The molecule has 168 valence electrons. The normalized spacial score (nSPS) is 11.6. The van der Waals surface area contributed by atoms with Crippen LogP contribution in [0.1, 0.15) is 29.5 Å². The largest absolute Gasteiger partial charge is 0.489 e. The van der Waals surface area contributed by atoms with E-state index in [0.717, 1.165) is 49.3 Å². The number of unbranched alkanes of at least 4 members (excludes halogenated alkanes) is 1. The third kappa shape index (κ3) is 7.04. The summed E-state index contributed by atoms with van der Waals surface area (Å²) in [6.07, 6.45) is 3.72. The molecule has 0 saturated heterocycles. The fourth-order valence-electron chi connectivity index (χ4n) is 3.14. The second-order valence-corrected chi connectivity index (χ2v) is 7.33. The molecule has 0 unspecified atom stereocenters. The van der Waals surface area contributed by atoms with Crippen molar-refractivity contribution in [1.29, 1.82) is 0 Å². The van der Waals surface area contributed by atoms with Crippen molar-refractivity contribution in [2.24, 2.45) is 5.73 Å². The first-order valence-corrected chi connectivity index (χ1v) is 10.4. The van der Waals surface area contributed by atoms with Gasteiger partial charge in [-0.05, 0) is 55.2 Å². The number of hydrogen-bond acceptors (Lipinski definition) is 4. The number of benzene rings is 2. The first-order chi connectivity index (χ1) is 15.5. The number of hydrogen-bond donors (Lipinski definition) is 2. The summed E-state index contributed by atoms with van der Waals surface area (Å²) in [6, 6.07) is 16.7. The molecule has 0 aliphatic rings. The summed E-state index contributed by atoms with van der Waals surface area (Å²) < 4.78 is 43.9. The minimum atomic E-state index is -4.34. The Morgan fingerprint density at radius 3 is 2.25 bits per heavy atom. The van der Waals surface area contributed by atoms with Gasteiger partial charge in [0.1, 0.15) is 12.4 Å². The number of alkyl halides is 3. The minimum absolute atomic E-state index is 0.361. The SMILES string of the molecule is N/C=C\NCCCCc1ccc(OCc2ccc(-c3ccc(C(F)(F)F)cc3)nc2)cc1. The van der Waals surface area contributed by atoms with E-state index in [9.17, 15) is 13.2 Å². The van der Waals surface area contributed by atoms with Gasteiger partial charge in [0.15, 0.2) is 0 Å². The van der Waals surface area contributed by atoms with Crippen LogP contribution >= 0.6 is 0 Å². The molecule has 0 aliphatic carbocycles. The van der Waals surface area contributed by atoms with E-state index < -0.39 is 11.7 Å². The van der Waals surface area contributed by atoms with Crippen molar-refractivity contribution in [1.82, 2.24) is 10.3 Å². The standard InChI is InChI=1S/C25H26F3N3O/c26-25(27,28)22-9-7-21(8-10-22)24-13-6-20(17-31-24)18-32-23-11-4-19(5-12-23)3-1-2-15-30-16-14-29/h4-14,16-17,30H,1-3,15,18,29H2/b16-14-. The van der Waals surface area contributed by atoms with Crippen LogP contribution in [0.2, 0.25) is 0 Å². The molecule has 0 aliphatic heterocycles. The third-order valence-electron chi connectivity index (χ3n) is 4.91. The Labute approximate surface area is 185 Å². The monoisotopic (exact) mass is 441 g/mol. The van der Waals surface area contributed by atoms with Crippen molar-refractivity contribution in [3.8, 4) is 17.0 Å². The van der Waals surface area contributed by atoms with Crippen molar-refractivity contribution in [2.45, 2.75) is 32.0 Å². The van der Waals surface area contributed by atoms with Crippen LogP contribution in [0.25, 0.3) is 11.3 Å². The van der Waals surface area contributed by atoms with Crippen molar-refractivity contribution >= 4 is 0 Å².